The van der Waals surface area contributed by atoms with Crippen LogP contribution in [0.5, 0.6) is 0 Å². The van der Waals surface area contributed by atoms with Crippen LogP contribution >= 0.6 is 0 Å². The van der Waals surface area contributed by atoms with Crippen LogP contribution in [0.4, 0.5) is 0 Å². The third-order valence-electron chi connectivity index (χ3n) is 1.72. The molecule has 0 unspecified atom stereocenters. The van der Waals surface area contributed by atoms with Gasteiger partial charge in [-0.25, -0.2) is 9.59 Å². The highest BCUT2D eigenvalue weighted by Crippen LogP contribution is 2.07. The second kappa shape index (κ2) is 8.99. The summed E-state index contributed by atoms with van der Waals surface area (Å²) < 4.78 is 4.11. The minimum absolute atomic E-state index is 0.669. The fourth-order valence-electron chi connectivity index (χ4n) is 0.967. The molecule has 1 N–H and O–H groups in total. The van der Waals surface area contributed by atoms with Crippen LogP contribution < -0.4 is 0 Å². The van der Waals surface area contributed by atoms with E-state index in [0.29, 0.717) is 6.08 Å². The fourth-order valence-corrected chi connectivity index (χ4v) is 0.967. The first-order chi connectivity index (χ1) is 7.16. The van der Waals surface area contributed by atoms with Crippen molar-refractivity contribution in [3.8, 4) is 0 Å². The molecule has 1 aliphatic carbocycles. The number of hydrogen-bond donors (Lipinski definition) is 1. The first-order valence-corrected chi connectivity index (χ1v) is 4.80. The average Bonchev–Trinajstić information content (AvgIpc) is 2.29. The number of hydrogen-bond acceptors (Lipinski definition) is 3. The Morgan fingerprint density at radius 2 is 1.73 bits per heavy atom. The molecule has 0 radical (unpaired) electrons. The molecule has 1 rings (SSSR count). The van der Waals surface area contributed by atoms with Crippen LogP contribution in [0.15, 0.2) is 24.3 Å². The van der Waals surface area contributed by atoms with Crippen LogP contribution in [0.3, 0.4) is 0 Å². The summed E-state index contributed by atoms with van der Waals surface area (Å²) in [5.41, 5.74) is 0. The molecule has 1 aliphatic rings. The highest BCUT2D eigenvalue weighted by Gasteiger charge is 1.91. The number of carbonyl (C=O) groups is 2. The van der Waals surface area contributed by atoms with Gasteiger partial charge in [0.1, 0.15) is 0 Å². The van der Waals surface area contributed by atoms with Gasteiger partial charge in [0.2, 0.25) is 0 Å². The zero-order chi connectivity index (χ0) is 11.5. The average molecular weight is 212 g/mol. The van der Waals surface area contributed by atoms with Gasteiger partial charge in [-0.1, -0.05) is 12.2 Å². The van der Waals surface area contributed by atoms with Crippen molar-refractivity contribution in [1.82, 2.24) is 0 Å². The van der Waals surface area contributed by atoms with E-state index >= 15 is 0 Å². The predicted molar refractivity (Wildman–Crippen MR) is 56.4 cm³/mol. The molecular weight excluding hydrogens is 196 g/mol. The van der Waals surface area contributed by atoms with Gasteiger partial charge in [-0.15, -0.1) is 0 Å². The normalized spacial score (nSPS) is 14.2. The molecule has 0 aromatic heterocycles. The number of carboxylic acids is 1. The summed E-state index contributed by atoms with van der Waals surface area (Å²) in [7, 11) is 1.18. The predicted octanol–water partition coefficient (Wildman–Crippen LogP) is 1.92. The Kier molecular flexibility index (Phi) is 8.05. The van der Waals surface area contributed by atoms with Crippen molar-refractivity contribution in [1.29, 1.82) is 0 Å². The Morgan fingerprint density at radius 3 is 2.00 bits per heavy atom. The molecule has 0 saturated heterocycles. The molecule has 15 heavy (non-hydrogen) atoms. The van der Waals surface area contributed by atoms with Crippen molar-refractivity contribution in [2.75, 3.05) is 7.11 Å². The van der Waals surface area contributed by atoms with Crippen LogP contribution in [0.1, 0.15) is 25.7 Å². The molecule has 84 valence electrons. The zero-order valence-electron chi connectivity index (χ0n) is 8.81. The Hall–Kier alpha value is -1.58. The number of methoxy groups -OCH3 is 1. The summed E-state index contributed by atoms with van der Waals surface area (Å²) in [6.07, 6.45) is 11.5. The number of ether oxygens (including phenoxy) is 1. The van der Waals surface area contributed by atoms with E-state index < -0.39 is 11.9 Å². The summed E-state index contributed by atoms with van der Waals surface area (Å²) in [4.78, 5) is 19.9. The number of esters is 1. The summed E-state index contributed by atoms with van der Waals surface area (Å²) in [5.74, 6) is -1.84. The van der Waals surface area contributed by atoms with E-state index in [1.807, 2.05) is 0 Å². The third kappa shape index (κ3) is 10.3. The Bertz CT molecular complexity index is 245. The summed E-state index contributed by atoms with van der Waals surface area (Å²) >= 11 is 0. The minimum atomic E-state index is -1.17. The molecule has 4 nitrogen and oxygen atoms in total. The molecule has 0 amide bonds. The molecule has 0 aromatic carbocycles. The Morgan fingerprint density at radius 1 is 1.20 bits per heavy atom. The lowest BCUT2D eigenvalue weighted by Crippen LogP contribution is -1.96. The zero-order valence-corrected chi connectivity index (χ0v) is 8.81. The lowest BCUT2D eigenvalue weighted by atomic mass is 10.1. The largest absolute Gasteiger partial charge is 0.478 e. The number of rotatable bonds is 2. The van der Waals surface area contributed by atoms with Crippen LogP contribution in [-0.4, -0.2) is 24.2 Å². The molecular formula is C11H16O4. The van der Waals surface area contributed by atoms with E-state index in [4.69, 9.17) is 5.11 Å². The summed E-state index contributed by atoms with van der Waals surface area (Å²) in [6, 6.07) is 0. The SMILES string of the molecule is C1=CCCCC1.COC(=O)/C=C\C(=O)O. The molecule has 0 aliphatic heterocycles. The van der Waals surface area contributed by atoms with Gasteiger partial charge in [0.05, 0.1) is 7.11 Å². The maximum Gasteiger partial charge on any atom is 0.330 e. The highest BCUT2D eigenvalue weighted by atomic mass is 16.5. The first kappa shape index (κ1) is 13.4. The van der Waals surface area contributed by atoms with Crippen molar-refractivity contribution >= 4 is 11.9 Å². The fraction of sp³-hybridized carbons (Fsp3) is 0.455. The van der Waals surface area contributed by atoms with Crippen LogP contribution in [0.25, 0.3) is 0 Å². The van der Waals surface area contributed by atoms with Crippen molar-refractivity contribution in [3.05, 3.63) is 24.3 Å². The lowest BCUT2D eigenvalue weighted by molar-refractivity contribution is -0.136. The lowest BCUT2D eigenvalue weighted by Gasteiger charge is -1.97. The van der Waals surface area contributed by atoms with Crippen LogP contribution in [-0.2, 0) is 14.3 Å². The summed E-state index contributed by atoms with van der Waals surface area (Å²) in [5, 5.41) is 7.96. The maximum absolute atomic E-state index is 10.1. The quantitative estimate of drug-likeness (QED) is 0.431. The van der Waals surface area contributed by atoms with E-state index in [2.05, 4.69) is 16.9 Å². The van der Waals surface area contributed by atoms with Crippen molar-refractivity contribution < 1.29 is 19.4 Å². The van der Waals surface area contributed by atoms with Gasteiger partial charge in [0, 0.05) is 12.2 Å². The third-order valence-corrected chi connectivity index (χ3v) is 1.72. The second-order valence-electron chi connectivity index (χ2n) is 2.95. The monoisotopic (exact) mass is 212 g/mol. The second-order valence-corrected chi connectivity index (χ2v) is 2.95. The number of allylic oxidation sites excluding steroid dienone is 2. The van der Waals surface area contributed by atoms with Gasteiger partial charge in [0.15, 0.2) is 0 Å². The van der Waals surface area contributed by atoms with E-state index in [0.717, 1.165) is 6.08 Å². The molecule has 0 saturated carbocycles. The minimum Gasteiger partial charge on any atom is -0.478 e. The number of carbonyl (C=O) groups excluding carboxylic acids is 1. The van der Waals surface area contributed by atoms with Gasteiger partial charge >= 0.3 is 11.9 Å². The molecule has 0 fully saturated rings. The molecule has 0 atom stereocenters. The van der Waals surface area contributed by atoms with Gasteiger partial charge < -0.3 is 9.84 Å². The Labute approximate surface area is 89.2 Å². The smallest absolute Gasteiger partial charge is 0.330 e. The van der Waals surface area contributed by atoms with Crippen molar-refractivity contribution in [3.63, 3.8) is 0 Å². The topological polar surface area (TPSA) is 63.6 Å². The standard InChI is InChI=1S/C6H10.C5H6O4/c1-2-4-6-5-3-1;1-9-5(8)3-2-4(6)7/h1-2H,3-6H2;2-3H,1H3,(H,6,7)/b;3-2-. The van der Waals surface area contributed by atoms with Gasteiger partial charge in [-0.05, 0) is 25.7 Å². The Balaban J connectivity index is 0.000000280. The molecule has 0 bridgehead atoms. The first-order valence-electron chi connectivity index (χ1n) is 4.80. The van der Waals surface area contributed by atoms with Crippen LogP contribution in [0, 0.1) is 0 Å². The van der Waals surface area contributed by atoms with Gasteiger partial charge in [-0.2, -0.15) is 0 Å². The maximum atomic E-state index is 10.1. The van der Waals surface area contributed by atoms with Gasteiger partial charge in [-0.3, -0.25) is 0 Å². The van der Waals surface area contributed by atoms with Gasteiger partial charge in [0.25, 0.3) is 0 Å². The molecule has 0 aromatic rings. The molecule has 0 heterocycles. The molecule has 4 heteroatoms. The van der Waals surface area contributed by atoms with E-state index in [9.17, 15) is 9.59 Å². The van der Waals surface area contributed by atoms with E-state index in [1.165, 1.54) is 32.8 Å². The highest BCUT2D eigenvalue weighted by molar-refractivity contribution is 5.90. The number of aliphatic carboxylic acids is 1. The van der Waals surface area contributed by atoms with E-state index in [1.54, 1.807) is 0 Å². The number of carboxylic acid groups (broad SMARTS) is 1. The van der Waals surface area contributed by atoms with Crippen molar-refractivity contribution in [2.24, 2.45) is 0 Å². The van der Waals surface area contributed by atoms with Crippen LogP contribution in [0.2, 0.25) is 0 Å². The van der Waals surface area contributed by atoms with E-state index in [-0.39, 0.29) is 0 Å². The molecule has 0 spiro atoms. The summed E-state index contributed by atoms with van der Waals surface area (Å²) in [6.45, 7) is 0. The van der Waals surface area contributed by atoms with Crippen molar-refractivity contribution in [2.45, 2.75) is 25.7 Å².